The van der Waals surface area contributed by atoms with Crippen LogP contribution in [-0.4, -0.2) is 21.2 Å². The van der Waals surface area contributed by atoms with Gasteiger partial charge in [0.2, 0.25) is 0 Å². The second-order valence-corrected chi connectivity index (χ2v) is 7.16. The van der Waals surface area contributed by atoms with Gasteiger partial charge < -0.3 is 5.32 Å². The third-order valence-corrected chi connectivity index (χ3v) is 5.76. The number of H-pyrrole nitrogens is 1. The third-order valence-electron chi connectivity index (χ3n) is 5.76. The van der Waals surface area contributed by atoms with Gasteiger partial charge in [-0.15, -0.1) is 0 Å². The van der Waals surface area contributed by atoms with Crippen LogP contribution in [0.2, 0.25) is 0 Å². The minimum atomic E-state index is 0.609. The van der Waals surface area contributed by atoms with E-state index in [1.807, 2.05) is 0 Å². The average molecular weight is 274 g/mol. The molecule has 4 heteroatoms. The van der Waals surface area contributed by atoms with Crippen molar-refractivity contribution in [3.05, 3.63) is 11.6 Å². The molecule has 0 amide bonds. The first-order chi connectivity index (χ1) is 9.86. The van der Waals surface area contributed by atoms with Crippen molar-refractivity contribution in [1.29, 1.82) is 0 Å². The van der Waals surface area contributed by atoms with Crippen LogP contribution in [0.4, 0.5) is 0 Å². The van der Waals surface area contributed by atoms with E-state index in [2.05, 4.69) is 20.5 Å². The number of rotatable bonds is 4. The second-order valence-electron chi connectivity index (χ2n) is 7.16. The molecule has 1 heterocycles. The summed E-state index contributed by atoms with van der Waals surface area (Å²) in [4.78, 5) is 4.64. The molecule has 3 fully saturated rings. The van der Waals surface area contributed by atoms with Crippen molar-refractivity contribution >= 4 is 0 Å². The summed E-state index contributed by atoms with van der Waals surface area (Å²) in [6, 6.07) is 0.706. The van der Waals surface area contributed by atoms with Crippen LogP contribution in [0, 0.1) is 5.41 Å². The molecule has 3 aliphatic rings. The molecule has 2 N–H and O–H groups in total. The zero-order chi connectivity index (χ0) is 13.4. The van der Waals surface area contributed by atoms with Gasteiger partial charge in [0.25, 0.3) is 0 Å². The fourth-order valence-corrected chi connectivity index (χ4v) is 4.44. The summed E-state index contributed by atoms with van der Waals surface area (Å²) in [7, 11) is 0. The molecule has 1 aromatic rings. The highest BCUT2D eigenvalue weighted by Crippen LogP contribution is 2.49. The zero-order valence-electron chi connectivity index (χ0n) is 12.3. The number of nitrogens with zero attached hydrogens (tertiary/aromatic N) is 2. The van der Waals surface area contributed by atoms with Crippen LogP contribution >= 0.6 is 0 Å². The Morgan fingerprint density at radius 1 is 1.05 bits per heavy atom. The van der Waals surface area contributed by atoms with E-state index in [0.29, 0.717) is 17.4 Å². The smallest absolute Gasteiger partial charge is 0.153 e. The maximum absolute atomic E-state index is 4.64. The molecule has 1 spiro atoms. The third kappa shape index (κ3) is 2.39. The monoisotopic (exact) mass is 274 g/mol. The first-order valence-electron chi connectivity index (χ1n) is 8.50. The Morgan fingerprint density at radius 3 is 2.65 bits per heavy atom. The lowest BCUT2D eigenvalue weighted by atomic mass is 9.70. The van der Waals surface area contributed by atoms with Crippen molar-refractivity contribution in [3.8, 4) is 0 Å². The number of nitrogens with one attached hydrogen (secondary N) is 2. The Labute approximate surface area is 121 Å². The summed E-state index contributed by atoms with van der Waals surface area (Å²) in [5.41, 5.74) is 0.609. The van der Waals surface area contributed by atoms with Gasteiger partial charge in [0.15, 0.2) is 5.82 Å². The molecule has 0 radical (unpaired) electrons. The predicted molar refractivity (Wildman–Crippen MR) is 78.4 cm³/mol. The van der Waals surface area contributed by atoms with E-state index in [0.717, 1.165) is 18.2 Å². The summed E-state index contributed by atoms with van der Waals surface area (Å²) in [6.45, 7) is 0.867. The normalized spacial score (nSPS) is 29.1. The molecule has 3 saturated carbocycles. The van der Waals surface area contributed by atoms with Crippen molar-refractivity contribution in [2.45, 2.75) is 82.7 Å². The number of hydrogen-bond acceptors (Lipinski definition) is 3. The highest BCUT2D eigenvalue weighted by atomic mass is 15.2. The van der Waals surface area contributed by atoms with Crippen LogP contribution in [0.1, 0.15) is 81.8 Å². The molecule has 0 aromatic carbocycles. The maximum Gasteiger partial charge on any atom is 0.153 e. The number of aromatic nitrogens is 3. The summed E-state index contributed by atoms with van der Waals surface area (Å²) in [6.07, 6.45) is 13.9. The summed E-state index contributed by atoms with van der Waals surface area (Å²) in [5.74, 6) is 2.72. The van der Waals surface area contributed by atoms with Gasteiger partial charge >= 0.3 is 0 Å². The summed E-state index contributed by atoms with van der Waals surface area (Å²) in [5, 5.41) is 11.3. The minimum absolute atomic E-state index is 0.609. The van der Waals surface area contributed by atoms with Crippen molar-refractivity contribution in [2.24, 2.45) is 5.41 Å². The molecule has 4 rings (SSSR count). The van der Waals surface area contributed by atoms with E-state index in [1.54, 1.807) is 0 Å². The SMILES string of the molecule is C1CCC2(CC1)CCCC2NCc1nc(C2CC2)n[nH]1. The molecule has 110 valence electrons. The number of hydrogen-bond donors (Lipinski definition) is 2. The van der Waals surface area contributed by atoms with Gasteiger partial charge in [0.1, 0.15) is 5.82 Å². The Hall–Kier alpha value is -0.900. The quantitative estimate of drug-likeness (QED) is 0.886. The highest BCUT2D eigenvalue weighted by Gasteiger charge is 2.42. The lowest BCUT2D eigenvalue weighted by molar-refractivity contribution is 0.148. The standard InChI is InChI=1S/C16H26N4/c1-2-8-16(9-3-1)10-4-5-13(16)17-11-14-18-15(20-19-14)12-6-7-12/h12-13,17H,1-11H2,(H,18,19,20). The molecule has 3 aliphatic carbocycles. The lowest BCUT2D eigenvalue weighted by Gasteiger charge is -2.39. The molecule has 0 saturated heterocycles. The van der Waals surface area contributed by atoms with E-state index < -0.39 is 0 Å². The van der Waals surface area contributed by atoms with E-state index in [-0.39, 0.29) is 0 Å². The van der Waals surface area contributed by atoms with Gasteiger partial charge in [-0.1, -0.05) is 25.7 Å². The van der Waals surface area contributed by atoms with Crippen molar-refractivity contribution in [1.82, 2.24) is 20.5 Å². The van der Waals surface area contributed by atoms with E-state index in [1.165, 1.54) is 64.2 Å². The van der Waals surface area contributed by atoms with Gasteiger partial charge in [-0.3, -0.25) is 5.10 Å². The topological polar surface area (TPSA) is 53.6 Å². The van der Waals surface area contributed by atoms with Gasteiger partial charge in [0.05, 0.1) is 6.54 Å². The van der Waals surface area contributed by atoms with Crippen molar-refractivity contribution in [3.63, 3.8) is 0 Å². The number of aromatic amines is 1. The molecule has 1 atom stereocenters. The Kier molecular flexibility index (Phi) is 3.29. The fourth-order valence-electron chi connectivity index (χ4n) is 4.44. The largest absolute Gasteiger partial charge is 0.306 e. The molecular weight excluding hydrogens is 248 g/mol. The predicted octanol–water partition coefficient (Wildman–Crippen LogP) is 3.27. The molecule has 0 aliphatic heterocycles. The van der Waals surface area contributed by atoms with Gasteiger partial charge in [-0.25, -0.2) is 4.98 Å². The van der Waals surface area contributed by atoms with E-state index >= 15 is 0 Å². The average Bonchev–Trinajstić information content (AvgIpc) is 3.11. The van der Waals surface area contributed by atoms with Gasteiger partial charge in [-0.05, 0) is 43.9 Å². The summed E-state index contributed by atoms with van der Waals surface area (Å²) < 4.78 is 0. The van der Waals surface area contributed by atoms with Crippen molar-refractivity contribution < 1.29 is 0 Å². The second kappa shape index (κ2) is 5.14. The van der Waals surface area contributed by atoms with Crippen molar-refractivity contribution in [2.75, 3.05) is 0 Å². The van der Waals surface area contributed by atoms with Crippen LogP contribution < -0.4 is 5.32 Å². The molecule has 20 heavy (non-hydrogen) atoms. The Balaban J connectivity index is 1.37. The first kappa shape index (κ1) is 12.8. The van der Waals surface area contributed by atoms with Crippen LogP contribution in [0.15, 0.2) is 0 Å². The molecule has 1 aromatic heterocycles. The molecule has 0 bridgehead atoms. The highest BCUT2D eigenvalue weighted by molar-refractivity contribution is 5.05. The van der Waals surface area contributed by atoms with Crippen LogP contribution in [0.25, 0.3) is 0 Å². The lowest BCUT2D eigenvalue weighted by Crippen LogP contribution is -2.42. The fraction of sp³-hybridized carbons (Fsp3) is 0.875. The van der Waals surface area contributed by atoms with Crippen LogP contribution in [0.3, 0.4) is 0 Å². The minimum Gasteiger partial charge on any atom is -0.306 e. The summed E-state index contributed by atoms with van der Waals surface area (Å²) >= 11 is 0. The Bertz CT molecular complexity index is 457. The molecular formula is C16H26N4. The van der Waals surface area contributed by atoms with Crippen LogP contribution in [0.5, 0.6) is 0 Å². The zero-order valence-corrected chi connectivity index (χ0v) is 12.3. The van der Waals surface area contributed by atoms with Gasteiger partial charge in [-0.2, -0.15) is 5.10 Å². The molecule has 1 unspecified atom stereocenters. The van der Waals surface area contributed by atoms with E-state index in [9.17, 15) is 0 Å². The van der Waals surface area contributed by atoms with Gasteiger partial charge in [0, 0.05) is 12.0 Å². The van der Waals surface area contributed by atoms with E-state index in [4.69, 9.17) is 0 Å². The maximum atomic E-state index is 4.64. The molecule has 4 nitrogen and oxygen atoms in total. The first-order valence-corrected chi connectivity index (χ1v) is 8.50. The Morgan fingerprint density at radius 2 is 1.85 bits per heavy atom. The van der Waals surface area contributed by atoms with Crippen LogP contribution in [-0.2, 0) is 6.54 Å².